The van der Waals surface area contributed by atoms with Gasteiger partial charge in [-0.15, -0.1) is 0 Å². The molecule has 7 heteroatoms. The second kappa shape index (κ2) is 5.52. The van der Waals surface area contributed by atoms with Crippen molar-refractivity contribution in [1.29, 1.82) is 0 Å². The molecule has 0 aliphatic heterocycles. The van der Waals surface area contributed by atoms with Crippen molar-refractivity contribution in [3.63, 3.8) is 0 Å². The first-order valence-electron chi connectivity index (χ1n) is 4.53. The van der Waals surface area contributed by atoms with Gasteiger partial charge in [-0.25, -0.2) is 13.6 Å². The van der Waals surface area contributed by atoms with E-state index in [9.17, 15) is 23.8 Å². The number of halogens is 3. The van der Waals surface area contributed by atoms with Crippen LogP contribution in [0.25, 0.3) is 0 Å². The molecule has 0 heterocycles. The molecule has 0 spiro atoms. The third-order valence-electron chi connectivity index (χ3n) is 2.18. The van der Waals surface area contributed by atoms with Crippen molar-refractivity contribution >= 4 is 21.9 Å². The molecule has 1 rings (SSSR count). The van der Waals surface area contributed by atoms with Crippen LogP contribution in [0.4, 0.5) is 8.78 Å². The van der Waals surface area contributed by atoms with E-state index in [0.717, 1.165) is 12.1 Å². The Labute approximate surface area is 104 Å². The highest BCUT2D eigenvalue weighted by Gasteiger charge is 2.26. The monoisotopic (exact) mass is 310 g/mol. The molecule has 17 heavy (non-hydrogen) atoms. The molecule has 0 fully saturated rings. The molecule has 4 nitrogen and oxygen atoms in total. The molecule has 3 N–H and O–H groups in total. The first-order chi connectivity index (χ1) is 7.90. The van der Waals surface area contributed by atoms with Gasteiger partial charge in [0.05, 0.1) is 6.10 Å². The molecule has 0 bridgehead atoms. The number of hydrogen-bond acceptors (Lipinski definition) is 3. The Hall–Kier alpha value is -1.05. The summed E-state index contributed by atoms with van der Waals surface area (Å²) in [6.07, 6.45) is -2.95. The van der Waals surface area contributed by atoms with Gasteiger partial charge in [-0.1, -0.05) is 22.0 Å². The molecule has 1 aromatic rings. The number of aliphatic hydroxyl groups is 2. The Balaban J connectivity index is 3.28. The van der Waals surface area contributed by atoms with E-state index in [0.29, 0.717) is 0 Å². The summed E-state index contributed by atoms with van der Waals surface area (Å²) in [6, 6.07) is 1.62. The molecule has 0 aliphatic carbocycles. The normalized spacial score (nSPS) is 14.4. The molecular weight excluding hydrogens is 302 g/mol. The maximum absolute atomic E-state index is 13.6. The Morgan fingerprint density at radius 2 is 1.94 bits per heavy atom. The zero-order valence-electron chi connectivity index (χ0n) is 8.40. The quantitative estimate of drug-likeness (QED) is 0.736. The lowest BCUT2D eigenvalue weighted by atomic mass is 10.0. The molecule has 94 valence electrons. The predicted molar refractivity (Wildman–Crippen MR) is 58.1 cm³/mol. The van der Waals surface area contributed by atoms with Crippen molar-refractivity contribution in [2.24, 2.45) is 0 Å². The number of hydrogen-bond donors (Lipinski definition) is 3. The molecule has 0 saturated heterocycles. The van der Waals surface area contributed by atoms with Crippen LogP contribution in [0.1, 0.15) is 22.0 Å². The molecule has 2 unspecified atom stereocenters. The minimum absolute atomic E-state index is 0.0343. The van der Waals surface area contributed by atoms with Gasteiger partial charge >= 0.3 is 5.97 Å². The second-order valence-electron chi connectivity index (χ2n) is 3.30. The zero-order chi connectivity index (χ0) is 13.2. The lowest BCUT2D eigenvalue weighted by molar-refractivity contribution is 0.0316. The highest BCUT2D eigenvalue weighted by Crippen LogP contribution is 2.25. The van der Waals surface area contributed by atoms with Crippen molar-refractivity contribution in [1.82, 2.24) is 0 Å². The maximum Gasteiger partial charge on any atom is 0.341 e. The van der Waals surface area contributed by atoms with E-state index in [1.54, 1.807) is 0 Å². The van der Waals surface area contributed by atoms with E-state index in [1.807, 2.05) is 0 Å². The maximum atomic E-state index is 13.6. The average molecular weight is 311 g/mol. The third kappa shape index (κ3) is 2.80. The first kappa shape index (κ1) is 14.0. The largest absolute Gasteiger partial charge is 0.477 e. The van der Waals surface area contributed by atoms with Crippen molar-refractivity contribution in [3.8, 4) is 0 Å². The highest BCUT2D eigenvalue weighted by molar-refractivity contribution is 9.09. The second-order valence-corrected chi connectivity index (χ2v) is 3.94. The van der Waals surface area contributed by atoms with Gasteiger partial charge in [0.1, 0.15) is 23.3 Å². The number of aliphatic hydroxyl groups excluding tert-OH is 2. The van der Waals surface area contributed by atoms with Crippen LogP contribution in [0.5, 0.6) is 0 Å². The third-order valence-corrected chi connectivity index (χ3v) is 2.84. The molecular formula is C10H9BrF2O4. The fraction of sp³-hybridized carbons (Fsp3) is 0.300. The van der Waals surface area contributed by atoms with Crippen molar-refractivity contribution in [3.05, 3.63) is 34.9 Å². The summed E-state index contributed by atoms with van der Waals surface area (Å²) in [4.78, 5) is 10.6. The molecule has 2 atom stereocenters. The van der Waals surface area contributed by atoms with Gasteiger partial charge in [-0.3, -0.25) is 0 Å². The Bertz CT molecular complexity index is 439. The minimum atomic E-state index is -1.78. The van der Waals surface area contributed by atoms with Crippen LogP contribution in [0, 0.1) is 11.6 Å². The fourth-order valence-corrected chi connectivity index (χ4v) is 1.64. The molecule has 0 amide bonds. The molecule has 1 aromatic carbocycles. The first-order valence-corrected chi connectivity index (χ1v) is 5.65. The van der Waals surface area contributed by atoms with Gasteiger partial charge in [0.25, 0.3) is 0 Å². The molecule has 0 aromatic heterocycles. The summed E-state index contributed by atoms with van der Waals surface area (Å²) in [5, 5.41) is 27.4. The summed E-state index contributed by atoms with van der Waals surface area (Å²) < 4.78 is 26.7. The van der Waals surface area contributed by atoms with Gasteiger partial charge in [0, 0.05) is 10.9 Å². The summed E-state index contributed by atoms with van der Waals surface area (Å²) in [7, 11) is 0. The topological polar surface area (TPSA) is 77.8 Å². The van der Waals surface area contributed by atoms with E-state index in [1.165, 1.54) is 0 Å². The van der Waals surface area contributed by atoms with E-state index in [2.05, 4.69) is 15.9 Å². The number of carboxylic acid groups (broad SMARTS) is 1. The van der Waals surface area contributed by atoms with Crippen LogP contribution < -0.4 is 0 Å². The SMILES string of the molecule is O=C(O)c1c(F)ccc(C(O)C(O)CBr)c1F. The molecule has 0 radical (unpaired) electrons. The molecule has 0 saturated carbocycles. The van der Waals surface area contributed by atoms with Gasteiger partial charge < -0.3 is 15.3 Å². The van der Waals surface area contributed by atoms with Crippen LogP contribution in [-0.4, -0.2) is 32.7 Å². The highest BCUT2D eigenvalue weighted by atomic mass is 79.9. The van der Waals surface area contributed by atoms with Crippen LogP contribution in [0.15, 0.2) is 12.1 Å². The van der Waals surface area contributed by atoms with E-state index >= 15 is 0 Å². The standard InChI is InChI=1S/C10H9BrF2O4/c11-3-6(14)9(15)4-1-2-5(12)7(8(4)13)10(16)17/h1-2,6,9,14-15H,3H2,(H,16,17). The Morgan fingerprint density at radius 1 is 1.35 bits per heavy atom. The minimum Gasteiger partial charge on any atom is -0.477 e. The Kier molecular flexibility index (Phi) is 4.55. The number of benzene rings is 1. The van der Waals surface area contributed by atoms with Gasteiger partial charge in [0.2, 0.25) is 0 Å². The summed E-state index contributed by atoms with van der Waals surface area (Å²) in [5.74, 6) is -4.40. The van der Waals surface area contributed by atoms with Crippen LogP contribution in [0.2, 0.25) is 0 Å². The summed E-state index contributed by atoms with van der Waals surface area (Å²) in [5.41, 5.74) is -1.61. The smallest absolute Gasteiger partial charge is 0.341 e. The van der Waals surface area contributed by atoms with Crippen molar-refractivity contribution in [2.75, 3.05) is 5.33 Å². The fourth-order valence-electron chi connectivity index (χ4n) is 1.28. The van der Waals surface area contributed by atoms with Crippen LogP contribution in [-0.2, 0) is 0 Å². The van der Waals surface area contributed by atoms with Gasteiger partial charge in [-0.2, -0.15) is 0 Å². The predicted octanol–water partition coefficient (Wildman–Crippen LogP) is 1.45. The zero-order valence-corrected chi connectivity index (χ0v) is 9.99. The molecule has 0 aliphatic rings. The van der Waals surface area contributed by atoms with E-state index in [4.69, 9.17) is 5.11 Å². The number of alkyl halides is 1. The lowest BCUT2D eigenvalue weighted by Gasteiger charge is -2.17. The lowest BCUT2D eigenvalue weighted by Crippen LogP contribution is -2.22. The summed E-state index contributed by atoms with van der Waals surface area (Å²) in [6.45, 7) is 0. The van der Waals surface area contributed by atoms with E-state index < -0.39 is 40.9 Å². The van der Waals surface area contributed by atoms with Crippen LogP contribution in [0.3, 0.4) is 0 Å². The summed E-state index contributed by atoms with van der Waals surface area (Å²) >= 11 is 2.88. The van der Waals surface area contributed by atoms with Crippen LogP contribution >= 0.6 is 15.9 Å². The Morgan fingerprint density at radius 3 is 2.41 bits per heavy atom. The van der Waals surface area contributed by atoms with Gasteiger partial charge in [0.15, 0.2) is 0 Å². The number of carboxylic acids is 1. The number of carbonyl (C=O) groups is 1. The van der Waals surface area contributed by atoms with Gasteiger partial charge in [-0.05, 0) is 6.07 Å². The van der Waals surface area contributed by atoms with Crippen molar-refractivity contribution < 1.29 is 28.9 Å². The van der Waals surface area contributed by atoms with Crippen molar-refractivity contribution in [2.45, 2.75) is 12.2 Å². The number of rotatable bonds is 4. The average Bonchev–Trinajstić information content (AvgIpc) is 2.27. The van der Waals surface area contributed by atoms with E-state index in [-0.39, 0.29) is 5.33 Å². The number of aromatic carboxylic acids is 1.